The maximum absolute atomic E-state index is 13.6. The highest BCUT2D eigenvalue weighted by molar-refractivity contribution is 5.93. The van der Waals surface area contributed by atoms with Crippen LogP contribution < -0.4 is 0 Å². The van der Waals surface area contributed by atoms with E-state index in [0.717, 1.165) is 55.6 Å². The molecule has 16 heteroatoms. The highest BCUT2D eigenvalue weighted by Crippen LogP contribution is 2.55. The SMILES string of the molecule is COC(=O)[C@H](OC(=O)c1ccc([N+](=O)[O-])cc1)[C@@H](OC(=O)c1ccc([N+](=O)[O-])cc1)[C@@H]1O[C@]2(CCCCO2)[C@]2(c3ccccc3)OC[C@H]1O2. The Morgan fingerprint density at radius 1 is 0.796 bits per heavy atom. The van der Waals surface area contributed by atoms with Crippen molar-refractivity contribution in [2.75, 3.05) is 20.3 Å². The Hall–Kier alpha value is -5.29. The molecule has 3 heterocycles. The van der Waals surface area contributed by atoms with E-state index in [1.165, 1.54) is 0 Å². The number of nitro groups is 2. The first kappa shape index (κ1) is 33.6. The van der Waals surface area contributed by atoms with E-state index in [4.69, 9.17) is 33.2 Å². The van der Waals surface area contributed by atoms with Gasteiger partial charge in [0.25, 0.3) is 17.2 Å². The first-order valence-corrected chi connectivity index (χ1v) is 15.3. The van der Waals surface area contributed by atoms with E-state index in [1.54, 1.807) is 24.3 Å². The summed E-state index contributed by atoms with van der Waals surface area (Å²) in [5, 5.41) is 22.3. The summed E-state index contributed by atoms with van der Waals surface area (Å²) in [4.78, 5) is 61.4. The zero-order valence-corrected chi connectivity index (χ0v) is 26.0. The van der Waals surface area contributed by atoms with Crippen molar-refractivity contribution >= 4 is 29.3 Å². The van der Waals surface area contributed by atoms with Gasteiger partial charge in [0.2, 0.25) is 11.9 Å². The van der Waals surface area contributed by atoms with Crippen LogP contribution >= 0.6 is 0 Å². The number of ether oxygens (including phenoxy) is 7. The first-order valence-electron chi connectivity index (χ1n) is 15.3. The molecule has 0 radical (unpaired) electrons. The number of carbonyl (C=O) groups is 3. The summed E-state index contributed by atoms with van der Waals surface area (Å²) < 4.78 is 42.4. The molecule has 3 aromatic rings. The number of nitro benzene ring substituents is 2. The molecule has 2 bridgehead atoms. The number of rotatable bonds is 10. The molecule has 3 saturated heterocycles. The third kappa shape index (κ3) is 6.33. The number of non-ortho nitro benzene ring substituents is 2. The van der Waals surface area contributed by atoms with E-state index >= 15 is 0 Å². The summed E-state index contributed by atoms with van der Waals surface area (Å²) in [5.41, 5.74) is -0.239. The van der Waals surface area contributed by atoms with Crippen LogP contribution in [0.4, 0.5) is 11.4 Å². The van der Waals surface area contributed by atoms with Crippen LogP contribution in [0.25, 0.3) is 0 Å². The lowest BCUT2D eigenvalue weighted by Crippen LogP contribution is -2.67. The number of nitrogens with zero attached hydrogens (tertiary/aromatic N) is 2. The Morgan fingerprint density at radius 2 is 1.39 bits per heavy atom. The number of hydrogen-bond acceptors (Lipinski definition) is 14. The molecule has 0 aromatic heterocycles. The maximum atomic E-state index is 13.6. The van der Waals surface area contributed by atoms with Crippen LogP contribution in [-0.2, 0) is 43.7 Å². The monoisotopic (exact) mass is 678 g/mol. The number of benzene rings is 3. The van der Waals surface area contributed by atoms with E-state index in [1.807, 2.05) is 6.07 Å². The molecule has 16 nitrogen and oxygen atoms in total. The Balaban J connectivity index is 1.39. The average molecular weight is 679 g/mol. The van der Waals surface area contributed by atoms with Crippen LogP contribution in [0.1, 0.15) is 45.5 Å². The summed E-state index contributed by atoms with van der Waals surface area (Å²) in [6.07, 6.45) is -4.44. The minimum Gasteiger partial charge on any atom is -0.466 e. The third-order valence-corrected chi connectivity index (χ3v) is 8.51. The van der Waals surface area contributed by atoms with Gasteiger partial charge in [-0.3, -0.25) is 20.2 Å². The van der Waals surface area contributed by atoms with Crippen LogP contribution in [0, 0.1) is 20.2 Å². The molecule has 0 aliphatic carbocycles. The fraction of sp³-hybridized carbons (Fsp3) is 0.364. The van der Waals surface area contributed by atoms with Gasteiger partial charge in [-0.2, -0.15) is 0 Å². The number of hydrogen-bond donors (Lipinski definition) is 0. The minimum absolute atomic E-state index is 0.111. The van der Waals surface area contributed by atoms with Gasteiger partial charge in [-0.25, -0.2) is 14.4 Å². The smallest absolute Gasteiger partial charge is 0.351 e. The summed E-state index contributed by atoms with van der Waals surface area (Å²) in [5.74, 6) is -6.38. The zero-order chi connectivity index (χ0) is 34.8. The van der Waals surface area contributed by atoms with E-state index in [-0.39, 0.29) is 42.1 Å². The fourth-order valence-electron chi connectivity index (χ4n) is 6.12. The molecule has 3 fully saturated rings. The van der Waals surface area contributed by atoms with Crippen molar-refractivity contribution in [3.63, 3.8) is 0 Å². The van der Waals surface area contributed by atoms with Crippen molar-refractivity contribution in [1.82, 2.24) is 0 Å². The second-order valence-electron chi connectivity index (χ2n) is 11.4. The van der Waals surface area contributed by atoms with Crippen LogP contribution in [-0.4, -0.2) is 78.3 Å². The Bertz CT molecular complexity index is 1730. The van der Waals surface area contributed by atoms with Crippen molar-refractivity contribution < 1.29 is 57.4 Å². The lowest BCUT2D eigenvalue weighted by Gasteiger charge is -2.53. The van der Waals surface area contributed by atoms with E-state index < -0.39 is 63.7 Å². The quantitative estimate of drug-likeness (QED) is 0.129. The molecule has 0 N–H and O–H groups in total. The van der Waals surface area contributed by atoms with Crippen molar-refractivity contribution in [3.05, 3.63) is 116 Å². The van der Waals surface area contributed by atoms with Gasteiger partial charge >= 0.3 is 17.9 Å². The molecule has 49 heavy (non-hydrogen) atoms. The molecule has 6 atom stereocenters. The molecule has 3 aromatic carbocycles. The normalized spacial score (nSPS) is 25.5. The van der Waals surface area contributed by atoms with Gasteiger partial charge in [0.05, 0.1) is 41.3 Å². The second-order valence-corrected chi connectivity index (χ2v) is 11.4. The number of esters is 3. The molecular formula is C33H30N2O14. The molecule has 6 rings (SSSR count). The molecule has 0 unspecified atom stereocenters. The van der Waals surface area contributed by atoms with Crippen molar-refractivity contribution in [3.8, 4) is 0 Å². The molecular weight excluding hydrogens is 648 g/mol. The second kappa shape index (κ2) is 13.7. The average Bonchev–Trinajstić information content (AvgIpc) is 3.55. The van der Waals surface area contributed by atoms with Gasteiger partial charge in [-0.1, -0.05) is 30.3 Å². The minimum atomic E-state index is -1.96. The van der Waals surface area contributed by atoms with Gasteiger partial charge in [-0.05, 0) is 37.1 Å². The van der Waals surface area contributed by atoms with Gasteiger partial charge in [0.1, 0.15) is 12.2 Å². The number of methoxy groups -OCH3 is 1. The predicted octanol–water partition coefficient (Wildman–Crippen LogP) is 3.99. The maximum Gasteiger partial charge on any atom is 0.351 e. The third-order valence-electron chi connectivity index (χ3n) is 8.51. The van der Waals surface area contributed by atoms with Gasteiger partial charge in [0.15, 0.2) is 6.10 Å². The largest absolute Gasteiger partial charge is 0.466 e. The van der Waals surface area contributed by atoms with Crippen LogP contribution in [0.5, 0.6) is 0 Å². The molecule has 1 spiro atoms. The molecule has 0 saturated carbocycles. The standard InChI is InChI=1S/C33H30N2O14/c1-43-31(38)28(47-30(37)21-11-15-24(16-12-21)35(41)42)27(46-29(36)20-9-13-23(14-10-20)34(39)40)26-25-19-45-33(48-25,22-7-3-2-4-8-22)32(49-26)17-5-6-18-44-32/h2-4,7-16,25-28H,5-6,17-19H2,1H3/t25-,26-,27+,28-,32-,33-/m1/s1. The Labute approximate surface area is 278 Å². The molecule has 3 aliphatic rings. The molecule has 256 valence electrons. The summed E-state index contributed by atoms with van der Waals surface area (Å²) >= 11 is 0. The predicted molar refractivity (Wildman–Crippen MR) is 163 cm³/mol. The Kier molecular flexibility index (Phi) is 9.38. The van der Waals surface area contributed by atoms with Crippen LogP contribution in [0.3, 0.4) is 0 Å². The zero-order valence-electron chi connectivity index (χ0n) is 26.0. The lowest BCUT2D eigenvalue weighted by molar-refractivity contribution is -0.448. The van der Waals surface area contributed by atoms with E-state index in [2.05, 4.69) is 0 Å². The summed E-state index contributed by atoms with van der Waals surface area (Å²) in [6.45, 7) is 0.155. The summed E-state index contributed by atoms with van der Waals surface area (Å²) in [7, 11) is 1.04. The van der Waals surface area contributed by atoms with E-state index in [9.17, 15) is 34.6 Å². The van der Waals surface area contributed by atoms with Crippen molar-refractivity contribution in [1.29, 1.82) is 0 Å². The van der Waals surface area contributed by atoms with Gasteiger partial charge in [-0.15, -0.1) is 0 Å². The molecule has 3 aliphatic heterocycles. The summed E-state index contributed by atoms with van der Waals surface area (Å²) in [6, 6.07) is 18.0. The highest BCUT2D eigenvalue weighted by Gasteiger charge is 2.69. The Morgan fingerprint density at radius 3 is 1.92 bits per heavy atom. The molecule has 0 amide bonds. The fourth-order valence-corrected chi connectivity index (χ4v) is 6.12. The van der Waals surface area contributed by atoms with Crippen molar-refractivity contribution in [2.45, 2.75) is 55.3 Å². The first-order chi connectivity index (χ1) is 23.6. The van der Waals surface area contributed by atoms with E-state index in [0.29, 0.717) is 18.4 Å². The highest BCUT2D eigenvalue weighted by atomic mass is 16.8. The van der Waals surface area contributed by atoms with Gasteiger partial charge in [0, 0.05) is 36.2 Å². The number of carbonyl (C=O) groups excluding carboxylic acids is 3. The van der Waals surface area contributed by atoms with Crippen LogP contribution in [0.15, 0.2) is 78.9 Å². The van der Waals surface area contributed by atoms with Gasteiger partial charge < -0.3 is 33.2 Å². The number of fused-ring (bicyclic) bond motifs is 3. The topological polar surface area (TPSA) is 202 Å². The lowest BCUT2D eigenvalue weighted by atomic mass is 9.88. The van der Waals surface area contributed by atoms with Crippen molar-refractivity contribution in [2.24, 2.45) is 0 Å². The van der Waals surface area contributed by atoms with Crippen LogP contribution in [0.2, 0.25) is 0 Å².